The maximum atomic E-state index is 4.59. The van der Waals surface area contributed by atoms with Gasteiger partial charge in [0, 0.05) is 12.5 Å². The number of nitrogens with one attached hydrogen (secondary N) is 1. The molecule has 0 bridgehead atoms. The summed E-state index contributed by atoms with van der Waals surface area (Å²) in [6.45, 7) is 4.15. The first kappa shape index (κ1) is 9.88. The lowest BCUT2D eigenvalue weighted by Gasteiger charge is -2.26. The molecule has 0 fully saturated rings. The maximum absolute atomic E-state index is 4.59. The summed E-state index contributed by atoms with van der Waals surface area (Å²) in [6, 6.07) is 6.88. The van der Waals surface area contributed by atoms with Crippen molar-refractivity contribution in [3.63, 3.8) is 0 Å². The molecule has 84 valence electrons. The Bertz CT molecular complexity index is 434. The predicted molar refractivity (Wildman–Crippen MR) is 67.2 cm³/mol. The Kier molecular flexibility index (Phi) is 2.43. The average molecular weight is 214 g/mol. The van der Waals surface area contributed by atoms with Crippen LogP contribution in [0.2, 0.25) is 0 Å². The standard InChI is InChI=1S/C14H18N2/c1-10-5-6-12-11(9-10)3-2-4-13(12)14-15-7-8-16-14/h5-6,9,13H,2-4,7-8H2,1H3,(H,15,16). The molecule has 0 saturated heterocycles. The van der Waals surface area contributed by atoms with Crippen LogP contribution in [0.15, 0.2) is 23.2 Å². The van der Waals surface area contributed by atoms with Gasteiger partial charge in [0.1, 0.15) is 5.84 Å². The number of amidine groups is 1. The first-order valence-corrected chi connectivity index (χ1v) is 6.22. The van der Waals surface area contributed by atoms with Crippen molar-refractivity contribution in [3.8, 4) is 0 Å². The van der Waals surface area contributed by atoms with E-state index in [1.807, 2.05) is 0 Å². The van der Waals surface area contributed by atoms with E-state index >= 15 is 0 Å². The normalized spacial score (nSPS) is 23.6. The summed E-state index contributed by atoms with van der Waals surface area (Å²) in [5.74, 6) is 1.76. The molecule has 0 radical (unpaired) electrons. The Labute approximate surface area is 96.8 Å². The van der Waals surface area contributed by atoms with Crippen molar-refractivity contribution in [2.24, 2.45) is 4.99 Å². The van der Waals surface area contributed by atoms with Gasteiger partial charge in [0.2, 0.25) is 0 Å². The van der Waals surface area contributed by atoms with Gasteiger partial charge in [-0.15, -0.1) is 0 Å². The van der Waals surface area contributed by atoms with E-state index in [4.69, 9.17) is 0 Å². The van der Waals surface area contributed by atoms with Crippen LogP contribution in [-0.2, 0) is 6.42 Å². The van der Waals surface area contributed by atoms with Crippen molar-refractivity contribution in [2.45, 2.75) is 32.1 Å². The van der Waals surface area contributed by atoms with Gasteiger partial charge in [0.05, 0.1) is 6.54 Å². The average Bonchev–Trinajstić information content (AvgIpc) is 2.81. The van der Waals surface area contributed by atoms with Gasteiger partial charge in [-0.3, -0.25) is 4.99 Å². The van der Waals surface area contributed by atoms with Crippen molar-refractivity contribution >= 4 is 5.84 Å². The minimum atomic E-state index is 0.534. The molecule has 0 spiro atoms. The molecule has 2 heteroatoms. The number of aliphatic imine (C=N–C) groups is 1. The zero-order chi connectivity index (χ0) is 11.0. The molecular formula is C14H18N2. The largest absolute Gasteiger partial charge is 0.371 e. The number of hydrogen-bond acceptors (Lipinski definition) is 2. The summed E-state index contributed by atoms with van der Waals surface area (Å²) in [5, 5.41) is 3.43. The fourth-order valence-electron chi connectivity index (χ4n) is 2.88. The van der Waals surface area contributed by atoms with Crippen molar-refractivity contribution < 1.29 is 0 Å². The number of aryl methyl sites for hydroxylation is 2. The molecule has 1 N–H and O–H groups in total. The lowest BCUT2D eigenvalue weighted by atomic mass is 9.81. The zero-order valence-corrected chi connectivity index (χ0v) is 9.79. The quantitative estimate of drug-likeness (QED) is 0.763. The smallest absolute Gasteiger partial charge is 0.104 e. The van der Waals surface area contributed by atoms with E-state index in [0.717, 1.165) is 13.1 Å². The second-order valence-corrected chi connectivity index (χ2v) is 4.84. The number of rotatable bonds is 1. The lowest BCUT2D eigenvalue weighted by molar-refractivity contribution is 0.641. The summed E-state index contributed by atoms with van der Waals surface area (Å²) in [6.07, 6.45) is 3.78. The highest BCUT2D eigenvalue weighted by molar-refractivity contribution is 5.90. The predicted octanol–water partition coefficient (Wildman–Crippen LogP) is 2.42. The topological polar surface area (TPSA) is 24.4 Å². The van der Waals surface area contributed by atoms with Crippen LogP contribution in [0, 0.1) is 6.92 Å². The minimum absolute atomic E-state index is 0.534. The molecule has 2 aliphatic rings. The van der Waals surface area contributed by atoms with Crippen LogP contribution in [0.25, 0.3) is 0 Å². The third-order valence-corrected chi connectivity index (χ3v) is 3.64. The number of hydrogen-bond donors (Lipinski definition) is 1. The van der Waals surface area contributed by atoms with Crippen LogP contribution in [-0.4, -0.2) is 18.9 Å². The molecule has 1 heterocycles. The summed E-state index contributed by atoms with van der Waals surface area (Å²) in [7, 11) is 0. The van der Waals surface area contributed by atoms with Gasteiger partial charge in [0.15, 0.2) is 0 Å². The second kappa shape index (κ2) is 3.93. The molecule has 1 unspecified atom stereocenters. The SMILES string of the molecule is Cc1ccc2c(c1)CCCC2C1=NCCN1. The van der Waals surface area contributed by atoms with Crippen LogP contribution >= 0.6 is 0 Å². The molecule has 1 aliphatic carbocycles. The molecule has 1 atom stereocenters. The van der Waals surface area contributed by atoms with E-state index < -0.39 is 0 Å². The molecule has 3 rings (SSSR count). The van der Waals surface area contributed by atoms with E-state index in [0.29, 0.717) is 5.92 Å². The van der Waals surface area contributed by atoms with Gasteiger partial charge >= 0.3 is 0 Å². The Morgan fingerprint density at radius 2 is 2.31 bits per heavy atom. The van der Waals surface area contributed by atoms with E-state index in [-0.39, 0.29) is 0 Å². The highest BCUT2D eigenvalue weighted by Crippen LogP contribution is 2.33. The molecule has 0 amide bonds. The van der Waals surface area contributed by atoms with E-state index in [2.05, 4.69) is 35.4 Å². The number of fused-ring (bicyclic) bond motifs is 1. The van der Waals surface area contributed by atoms with E-state index in [1.54, 1.807) is 0 Å². The molecule has 0 saturated carbocycles. The highest BCUT2D eigenvalue weighted by atomic mass is 15.1. The molecule has 1 aliphatic heterocycles. The van der Waals surface area contributed by atoms with Gasteiger partial charge in [-0.2, -0.15) is 0 Å². The van der Waals surface area contributed by atoms with Gasteiger partial charge in [-0.25, -0.2) is 0 Å². The maximum Gasteiger partial charge on any atom is 0.104 e. The van der Waals surface area contributed by atoms with Gasteiger partial charge in [-0.05, 0) is 37.3 Å². The monoisotopic (exact) mass is 214 g/mol. The van der Waals surface area contributed by atoms with Crippen molar-refractivity contribution in [1.82, 2.24) is 5.32 Å². The molecule has 0 aromatic heterocycles. The van der Waals surface area contributed by atoms with E-state index in [1.165, 1.54) is 41.8 Å². The Balaban J connectivity index is 1.99. The first-order valence-electron chi connectivity index (χ1n) is 6.22. The van der Waals surface area contributed by atoms with Gasteiger partial charge in [0.25, 0.3) is 0 Å². The minimum Gasteiger partial charge on any atom is -0.371 e. The fraction of sp³-hybridized carbons (Fsp3) is 0.500. The Morgan fingerprint density at radius 1 is 1.38 bits per heavy atom. The van der Waals surface area contributed by atoms with Crippen LogP contribution in [0.1, 0.15) is 35.4 Å². The number of nitrogens with zero attached hydrogens (tertiary/aromatic N) is 1. The van der Waals surface area contributed by atoms with Crippen LogP contribution in [0.4, 0.5) is 0 Å². The molecule has 1 aromatic rings. The Morgan fingerprint density at radius 3 is 3.12 bits per heavy atom. The van der Waals surface area contributed by atoms with Crippen LogP contribution in [0.3, 0.4) is 0 Å². The van der Waals surface area contributed by atoms with Gasteiger partial charge in [-0.1, -0.05) is 23.8 Å². The molecule has 1 aromatic carbocycles. The summed E-state index contributed by atoms with van der Waals surface area (Å²) in [5.41, 5.74) is 4.42. The zero-order valence-electron chi connectivity index (χ0n) is 9.79. The third kappa shape index (κ3) is 1.62. The highest BCUT2D eigenvalue weighted by Gasteiger charge is 2.25. The van der Waals surface area contributed by atoms with Crippen molar-refractivity contribution in [1.29, 1.82) is 0 Å². The molecule has 2 nitrogen and oxygen atoms in total. The van der Waals surface area contributed by atoms with Crippen molar-refractivity contribution in [2.75, 3.05) is 13.1 Å². The third-order valence-electron chi connectivity index (χ3n) is 3.64. The van der Waals surface area contributed by atoms with E-state index in [9.17, 15) is 0 Å². The van der Waals surface area contributed by atoms with Gasteiger partial charge < -0.3 is 5.32 Å². The summed E-state index contributed by atoms with van der Waals surface area (Å²) < 4.78 is 0. The fourth-order valence-corrected chi connectivity index (χ4v) is 2.88. The van der Waals surface area contributed by atoms with Crippen molar-refractivity contribution in [3.05, 3.63) is 34.9 Å². The first-order chi connectivity index (χ1) is 7.84. The summed E-state index contributed by atoms with van der Waals surface area (Å²) in [4.78, 5) is 4.59. The van der Waals surface area contributed by atoms with Crippen LogP contribution in [0.5, 0.6) is 0 Å². The summed E-state index contributed by atoms with van der Waals surface area (Å²) >= 11 is 0. The number of benzene rings is 1. The Hall–Kier alpha value is -1.31. The lowest BCUT2D eigenvalue weighted by Crippen LogP contribution is -2.28. The second-order valence-electron chi connectivity index (χ2n) is 4.84. The van der Waals surface area contributed by atoms with Crippen LogP contribution < -0.4 is 5.32 Å². The molecule has 16 heavy (non-hydrogen) atoms. The molecular weight excluding hydrogens is 196 g/mol.